The molecule has 0 amide bonds. The molecule has 3 rings (SSSR count). The minimum atomic E-state index is -3.61. The van der Waals surface area contributed by atoms with Crippen LogP contribution in [0.2, 0.25) is 5.02 Å². The van der Waals surface area contributed by atoms with Gasteiger partial charge in [-0.15, -0.1) is 0 Å². The molecule has 0 unspecified atom stereocenters. The number of ether oxygens (including phenoxy) is 1. The lowest BCUT2D eigenvalue weighted by atomic mass is 9.93. The number of aryl methyl sites for hydroxylation is 2. The molecule has 0 heterocycles. The van der Waals surface area contributed by atoms with Crippen LogP contribution in [0.5, 0.6) is 5.75 Å². The summed E-state index contributed by atoms with van der Waals surface area (Å²) in [5, 5.41) is 0.512. The van der Waals surface area contributed by atoms with Gasteiger partial charge in [-0.2, -0.15) is 0 Å². The zero-order chi connectivity index (χ0) is 18.7. The van der Waals surface area contributed by atoms with Gasteiger partial charge in [-0.25, -0.2) is 13.1 Å². The molecule has 0 bridgehead atoms. The average molecular weight is 394 g/mol. The van der Waals surface area contributed by atoms with Gasteiger partial charge in [0, 0.05) is 5.02 Å². The van der Waals surface area contributed by atoms with Crippen molar-refractivity contribution >= 4 is 21.6 Å². The molecule has 2 aromatic carbocycles. The van der Waals surface area contributed by atoms with Gasteiger partial charge in [-0.05, 0) is 80.6 Å². The normalized spacial score (nSPS) is 20.7. The summed E-state index contributed by atoms with van der Waals surface area (Å²) in [6.07, 6.45) is 3.45. The van der Waals surface area contributed by atoms with E-state index in [1.54, 1.807) is 12.1 Å². The van der Waals surface area contributed by atoms with Crippen molar-refractivity contribution < 1.29 is 13.2 Å². The Balaban J connectivity index is 1.77. The van der Waals surface area contributed by atoms with E-state index >= 15 is 0 Å². The minimum Gasteiger partial charge on any atom is -0.489 e. The van der Waals surface area contributed by atoms with Gasteiger partial charge in [-0.1, -0.05) is 24.1 Å². The molecular formula is C20H24ClNO3S. The number of halogens is 1. The summed E-state index contributed by atoms with van der Waals surface area (Å²) in [5.41, 5.74) is 2.27. The smallest absolute Gasteiger partial charge is 0.240 e. The molecule has 1 aliphatic carbocycles. The van der Waals surface area contributed by atoms with Crippen LogP contribution in [-0.2, 0) is 10.0 Å². The molecule has 0 radical (unpaired) electrons. The number of rotatable bonds is 5. The van der Waals surface area contributed by atoms with Gasteiger partial charge in [0.05, 0.1) is 10.9 Å². The van der Waals surface area contributed by atoms with Crippen molar-refractivity contribution in [2.24, 2.45) is 0 Å². The van der Waals surface area contributed by atoms with E-state index < -0.39 is 10.0 Å². The summed E-state index contributed by atoms with van der Waals surface area (Å²) in [6.45, 7) is 4.06. The van der Waals surface area contributed by atoms with Gasteiger partial charge < -0.3 is 4.74 Å². The van der Waals surface area contributed by atoms with Gasteiger partial charge in [0.1, 0.15) is 11.9 Å². The molecule has 26 heavy (non-hydrogen) atoms. The van der Waals surface area contributed by atoms with Crippen LogP contribution in [0.25, 0.3) is 0 Å². The van der Waals surface area contributed by atoms with Crippen LogP contribution in [-0.4, -0.2) is 20.6 Å². The Hall–Kier alpha value is -1.56. The van der Waals surface area contributed by atoms with Gasteiger partial charge >= 0.3 is 0 Å². The second-order valence-electron chi connectivity index (χ2n) is 6.95. The summed E-state index contributed by atoms with van der Waals surface area (Å²) < 4.78 is 34.4. The Morgan fingerprint density at radius 2 is 1.62 bits per heavy atom. The molecule has 1 aliphatic rings. The third kappa shape index (κ3) is 4.78. The third-order valence-corrected chi connectivity index (χ3v) is 6.37. The molecular weight excluding hydrogens is 370 g/mol. The maximum atomic E-state index is 12.7. The molecule has 1 N–H and O–H groups in total. The molecule has 2 aromatic rings. The van der Waals surface area contributed by atoms with Crippen LogP contribution in [0.3, 0.4) is 0 Å². The second-order valence-corrected chi connectivity index (χ2v) is 9.10. The number of hydrogen-bond donors (Lipinski definition) is 1. The lowest BCUT2D eigenvalue weighted by Gasteiger charge is -2.32. The van der Waals surface area contributed by atoms with E-state index in [-0.39, 0.29) is 17.0 Å². The zero-order valence-corrected chi connectivity index (χ0v) is 16.6. The summed E-state index contributed by atoms with van der Waals surface area (Å²) in [7, 11) is -3.61. The van der Waals surface area contributed by atoms with Crippen molar-refractivity contribution in [1.29, 1.82) is 0 Å². The molecule has 1 saturated carbocycles. The molecule has 2 atom stereocenters. The maximum Gasteiger partial charge on any atom is 0.240 e. The predicted octanol–water partition coefficient (Wildman–Crippen LogP) is 4.63. The monoisotopic (exact) mass is 393 g/mol. The third-order valence-electron chi connectivity index (χ3n) is 4.62. The van der Waals surface area contributed by atoms with Crippen LogP contribution < -0.4 is 9.46 Å². The highest BCUT2D eigenvalue weighted by Crippen LogP contribution is 2.27. The molecule has 4 nitrogen and oxygen atoms in total. The minimum absolute atomic E-state index is 0.174. The van der Waals surface area contributed by atoms with Crippen LogP contribution in [0, 0.1) is 13.8 Å². The van der Waals surface area contributed by atoms with Gasteiger partial charge in [0.15, 0.2) is 0 Å². The van der Waals surface area contributed by atoms with E-state index in [4.69, 9.17) is 16.3 Å². The predicted molar refractivity (Wildman–Crippen MR) is 104 cm³/mol. The molecule has 140 valence electrons. The Morgan fingerprint density at radius 3 is 2.27 bits per heavy atom. The molecule has 0 aliphatic heterocycles. The van der Waals surface area contributed by atoms with Crippen LogP contribution in [0.1, 0.15) is 36.8 Å². The molecule has 0 saturated heterocycles. The van der Waals surface area contributed by atoms with Gasteiger partial charge in [0.25, 0.3) is 0 Å². The number of sulfonamides is 1. The van der Waals surface area contributed by atoms with E-state index in [1.165, 1.54) is 12.1 Å². The lowest BCUT2D eigenvalue weighted by Crippen LogP contribution is -2.47. The highest BCUT2D eigenvalue weighted by Gasteiger charge is 2.31. The molecule has 0 spiro atoms. The highest BCUT2D eigenvalue weighted by molar-refractivity contribution is 7.89. The summed E-state index contributed by atoms with van der Waals surface area (Å²) in [6, 6.07) is 12.0. The quantitative estimate of drug-likeness (QED) is 0.805. The fraction of sp³-hybridized carbons (Fsp3) is 0.400. The van der Waals surface area contributed by atoms with Crippen LogP contribution in [0.15, 0.2) is 47.4 Å². The first-order valence-electron chi connectivity index (χ1n) is 8.86. The van der Waals surface area contributed by atoms with Crippen molar-refractivity contribution in [3.8, 4) is 5.75 Å². The first-order chi connectivity index (χ1) is 12.3. The zero-order valence-electron chi connectivity index (χ0n) is 15.0. The standard InChI is InChI=1S/C20H24ClNO3S/c1-14-11-15(2)13-17(12-14)25-20-6-4-3-5-19(20)22-26(23,24)18-9-7-16(21)8-10-18/h7-13,19-20,22H,3-6H2,1-2H3/t19-,20-/m0/s1. The van der Waals surface area contributed by atoms with Crippen molar-refractivity contribution in [1.82, 2.24) is 4.72 Å². The fourth-order valence-corrected chi connectivity index (χ4v) is 4.85. The second kappa shape index (κ2) is 7.99. The largest absolute Gasteiger partial charge is 0.489 e. The fourth-order valence-electron chi connectivity index (χ4n) is 3.43. The Labute approximate surface area is 160 Å². The topological polar surface area (TPSA) is 55.4 Å². The summed E-state index contributed by atoms with van der Waals surface area (Å²) >= 11 is 5.86. The Morgan fingerprint density at radius 1 is 1.00 bits per heavy atom. The van der Waals surface area contributed by atoms with Crippen molar-refractivity contribution in [3.05, 3.63) is 58.6 Å². The first kappa shape index (κ1) is 19.2. The van der Waals surface area contributed by atoms with Crippen LogP contribution >= 0.6 is 11.6 Å². The van der Waals surface area contributed by atoms with Crippen molar-refractivity contribution in [3.63, 3.8) is 0 Å². The Bertz CT molecular complexity index is 845. The van der Waals surface area contributed by atoms with Gasteiger partial charge in [-0.3, -0.25) is 0 Å². The molecule has 0 aromatic heterocycles. The van der Waals surface area contributed by atoms with E-state index in [1.807, 2.05) is 26.0 Å². The molecule has 1 fully saturated rings. The summed E-state index contributed by atoms with van der Waals surface area (Å²) in [4.78, 5) is 0.220. The van der Waals surface area contributed by atoms with E-state index in [9.17, 15) is 8.42 Å². The van der Waals surface area contributed by atoms with E-state index in [0.29, 0.717) is 5.02 Å². The van der Waals surface area contributed by atoms with Crippen molar-refractivity contribution in [2.75, 3.05) is 0 Å². The highest BCUT2D eigenvalue weighted by atomic mass is 35.5. The van der Waals surface area contributed by atoms with Crippen molar-refractivity contribution in [2.45, 2.75) is 56.6 Å². The molecule has 6 heteroatoms. The van der Waals surface area contributed by atoms with Crippen LogP contribution in [0.4, 0.5) is 0 Å². The lowest BCUT2D eigenvalue weighted by molar-refractivity contribution is 0.124. The summed E-state index contributed by atoms with van der Waals surface area (Å²) in [5.74, 6) is 0.796. The first-order valence-corrected chi connectivity index (χ1v) is 10.7. The average Bonchev–Trinajstić information content (AvgIpc) is 2.56. The van der Waals surface area contributed by atoms with Gasteiger partial charge in [0.2, 0.25) is 10.0 Å². The van der Waals surface area contributed by atoms with E-state index in [0.717, 1.165) is 42.6 Å². The SMILES string of the molecule is Cc1cc(C)cc(O[C@H]2CCCC[C@@H]2NS(=O)(=O)c2ccc(Cl)cc2)c1. The number of hydrogen-bond acceptors (Lipinski definition) is 3. The number of benzene rings is 2. The maximum absolute atomic E-state index is 12.7. The Kier molecular flexibility index (Phi) is 5.90. The number of nitrogens with one attached hydrogen (secondary N) is 1. The van der Waals surface area contributed by atoms with E-state index in [2.05, 4.69) is 10.8 Å².